The lowest BCUT2D eigenvalue weighted by Crippen LogP contribution is -2.22. The van der Waals surface area contributed by atoms with Gasteiger partial charge in [0.1, 0.15) is 17.1 Å². The second kappa shape index (κ2) is 14.3. The molecule has 0 unspecified atom stereocenters. The van der Waals surface area contributed by atoms with E-state index in [1.807, 2.05) is 55.6 Å². The van der Waals surface area contributed by atoms with Crippen molar-refractivity contribution in [2.45, 2.75) is 59.1 Å². The summed E-state index contributed by atoms with van der Waals surface area (Å²) < 4.78 is 6.27. The summed E-state index contributed by atoms with van der Waals surface area (Å²) in [5, 5.41) is 33.6. The highest BCUT2D eigenvalue weighted by Crippen LogP contribution is 2.38. The highest BCUT2D eigenvalue weighted by atomic mass is 16.4. The molecule has 1 saturated heterocycles. The molecular weight excluding hydrogens is 640 g/mol. The number of hydrogen-bond donors (Lipinski definition) is 3. The fraction of sp³-hybridized carbons (Fsp3) is 0.293. The normalized spacial score (nSPS) is 15.3. The summed E-state index contributed by atoms with van der Waals surface area (Å²) in [6.07, 6.45) is 6.52. The van der Waals surface area contributed by atoms with Gasteiger partial charge in [-0.05, 0) is 123 Å². The first-order valence-corrected chi connectivity index (χ1v) is 17.4. The number of fused-ring (bicyclic) bond motifs is 2. The average molecular weight is 681 g/mol. The number of carbonyl (C=O) groups is 1. The summed E-state index contributed by atoms with van der Waals surface area (Å²) in [5.41, 5.74) is 10.2. The van der Waals surface area contributed by atoms with Gasteiger partial charge in [0.15, 0.2) is 11.4 Å². The van der Waals surface area contributed by atoms with Crippen LogP contribution in [0.15, 0.2) is 77.5 Å². The van der Waals surface area contributed by atoms with Crippen LogP contribution in [0.1, 0.15) is 54.0 Å². The maximum atomic E-state index is 11.4. The Hall–Kier alpha value is -5.63. The van der Waals surface area contributed by atoms with Crippen LogP contribution >= 0.6 is 0 Å². The third-order valence-electron chi connectivity index (χ3n) is 9.88. The first-order chi connectivity index (χ1) is 24.7. The molecule has 0 saturated carbocycles. The quantitative estimate of drug-likeness (QED) is 0.123. The number of carboxylic acids is 1. The van der Waals surface area contributed by atoms with Gasteiger partial charge in [-0.2, -0.15) is 5.26 Å². The predicted molar refractivity (Wildman–Crippen MR) is 198 cm³/mol. The first-order valence-electron chi connectivity index (χ1n) is 17.4. The number of likely N-dealkylation sites (tertiary alicyclic amines) is 1. The molecule has 1 fully saturated rings. The predicted octanol–water partition coefficient (Wildman–Crippen LogP) is 7.95. The molecule has 3 N–H and O–H groups in total. The summed E-state index contributed by atoms with van der Waals surface area (Å²) in [7, 11) is 0. The van der Waals surface area contributed by atoms with E-state index in [2.05, 4.69) is 53.3 Å². The number of aromatic nitrogens is 3. The van der Waals surface area contributed by atoms with Crippen LogP contribution in [0.4, 0.5) is 11.5 Å². The first kappa shape index (κ1) is 33.8. The summed E-state index contributed by atoms with van der Waals surface area (Å²) in [6.45, 7) is 7.69. The Morgan fingerprint density at radius 1 is 1.06 bits per heavy atom. The molecule has 0 amide bonds. The van der Waals surface area contributed by atoms with Gasteiger partial charge in [-0.25, -0.2) is 9.97 Å². The third kappa shape index (κ3) is 7.04. The molecule has 2 atom stereocenters. The molecule has 7 rings (SSSR count). The molecule has 3 aromatic carbocycles. The summed E-state index contributed by atoms with van der Waals surface area (Å²) in [4.78, 5) is 27.8. The van der Waals surface area contributed by atoms with Crippen molar-refractivity contribution in [2.75, 3.05) is 18.4 Å². The molecule has 51 heavy (non-hydrogen) atoms. The van der Waals surface area contributed by atoms with E-state index < -0.39 is 5.97 Å². The molecule has 4 heterocycles. The number of nitrogens with zero attached hydrogens (tertiary/aromatic N) is 5. The van der Waals surface area contributed by atoms with E-state index in [1.165, 1.54) is 0 Å². The van der Waals surface area contributed by atoms with Crippen LogP contribution in [0.2, 0.25) is 0 Å². The number of aliphatic carboxylic acids is 1. The minimum absolute atomic E-state index is 0.305. The van der Waals surface area contributed by atoms with Gasteiger partial charge in [0.05, 0.1) is 17.6 Å². The molecule has 0 radical (unpaired) electrons. The van der Waals surface area contributed by atoms with Gasteiger partial charge in [-0.3, -0.25) is 14.7 Å². The van der Waals surface area contributed by atoms with Crippen molar-refractivity contribution in [1.82, 2.24) is 19.9 Å². The summed E-state index contributed by atoms with van der Waals surface area (Å²) in [6, 6.07) is 22.3. The molecule has 0 aliphatic carbocycles. The van der Waals surface area contributed by atoms with Gasteiger partial charge < -0.3 is 19.9 Å². The van der Waals surface area contributed by atoms with Crippen LogP contribution in [0, 0.1) is 31.1 Å². The fourth-order valence-corrected chi connectivity index (χ4v) is 7.10. The maximum Gasteiger partial charge on any atom is 0.307 e. The number of carboxylic acid groups (broad SMARTS) is 1. The van der Waals surface area contributed by atoms with Crippen LogP contribution in [-0.4, -0.2) is 55.2 Å². The van der Waals surface area contributed by atoms with E-state index in [0.717, 1.165) is 74.8 Å². The number of anilines is 2. The monoisotopic (exact) mass is 680 g/mol. The van der Waals surface area contributed by atoms with Crippen molar-refractivity contribution < 1.29 is 19.4 Å². The van der Waals surface area contributed by atoms with Crippen LogP contribution < -0.4 is 5.32 Å². The Bertz CT molecular complexity index is 2310. The molecule has 10 heteroatoms. The summed E-state index contributed by atoms with van der Waals surface area (Å²) >= 11 is 0. The number of aliphatic hydroxyl groups is 1. The molecular formula is C41H40N6O4. The van der Waals surface area contributed by atoms with Crippen molar-refractivity contribution in [2.24, 2.45) is 5.92 Å². The molecule has 258 valence electrons. The molecule has 3 aromatic heterocycles. The fourth-order valence-electron chi connectivity index (χ4n) is 7.10. The zero-order valence-electron chi connectivity index (χ0n) is 29.0. The van der Waals surface area contributed by atoms with E-state index in [4.69, 9.17) is 14.4 Å². The Balaban J connectivity index is 1.16. The lowest BCUT2D eigenvalue weighted by molar-refractivity contribution is -0.141. The maximum absolute atomic E-state index is 11.4. The highest BCUT2D eigenvalue weighted by Gasteiger charge is 2.28. The Kier molecular flexibility index (Phi) is 9.50. The number of nitrogens with one attached hydrogen (secondary N) is 1. The minimum atomic E-state index is -0.767. The third-order valence-corrected chi connectivity index (χ3v) is 9.88. The van der Waals surface area contributed by atoms with Gasteiger partial charge in [0, 0.05) is 42.1 Å². The lowest BCUT2D eigenvalue weighted by Gasteiger charge is -2.16. The number of aliphatic hydroxyl groups excluding tert-OH is 1. The van der Waals surface area contributed by atoms with Gasteiger partial charge in [-0.15, -0.1) is 0 Å². The Morgan fingerprint density at radius 2 is 1.84 bits per heavy atom. The van der Waals surface area contributed by atoms with E-state index in [9.17, 15) is 20.3 Å². The molecule has 1 aliphatic rings. The average Bonchev–Trinajstić information content (AvgIpc) is 3.77. The van der Waals surface area contributed by atoms with Crippen LogP contribution in [-0.2, 0) is 17.8 Å². The minimum Gasteiger partial charge on any atom is -0.481 e. The largest absolute Gasteiger partial charge is 0.481 e. The van der Waals surface area contributed by atoms with Crippen LogP contribution in [0.5, 0.6) is 0 Å². The van der Waals surface area contributed by atoms with Gasteiger partial charge in [-0.1, -0.05) is 24.3 Å². The Labute approximate surface area is 296 Å². The van der Waals surface area contributed by atoms with Gasteiger partial charge in [0.2, 0.25) is 5.89 Å². The van der Waals surface area contributed by atoms with Crippen molar-refractivity contribution >= 4 is 39.5 Å². The Morgan fingerprint density at radius 3 is 2.61 bits per heavy atom. The number of pyridine rings is 2. The molecule has 1 aliphatic heterocycles. The zero-order valence-corrected chi connectivity index (χ0v) is 29.0. The topological polar surface area (TPSA) is 148 Å². The number of aryl methyl sites for hydroxylation is 1. The van der Waals surface area contributed by atoms with Crippen molar-refractivity contribution in [3.63, 3.8) is 0 Å². The number of rotatable bonds is 11. The number of nitriles is 1. The van der Waals surface area contributed by atoms with E-state index >= 15 is 0 Å². The van der Waals surface area contributed by atoms with Crippen molar-refractivity contribution in [3.8, 4) is 28.7 Å². The van der Waals surface area contributed by atoms with Gasteiger partial charge in [0.25, 0.3) is 0 Å². The smallest absolute Gasteiger partial charge is 0.307 e. The highest BCUT2D eigenvalue weighted by molar-refractivity contribution is 5.91. The second-order valence-electron chi connectivity index (χ2n) is 13.6. The molecule has 0 bridgehead atoms. The lowest BCUT2D eigenvalue weighted by atomic mass is 9.93. The van der Waals surface area contributed by atoms with E-state index in [-0.39, 0.29) is 12.0 Å². The standard InChI is InChI=1S/C41H40N6O4/c1-24(48)7-4-8-27-17-29-13-15-43-39(37(29)44-21-27)45-35-12-6-10-33(26(35)3)32-9-5-11-34(25(32)2)40-46-36-19-28(18-31(20-42)38(36)51-40)22-47-16-14-30(23-47)41(49)50/h5-6,9-13,15,17-19,21,24,30,48H,4,7-8,14,16,22-23H2,1-3H3,(H,43,45)(H,49,50)/t24-,30-/m1/s1. The second-order valence-corrected chi connectivity index (χ2v) is 13.6. The van der Waals surface area contributed by atoms with Gasteiger partial charge >= 0.3 is 5.97 Å². The zero-order chi connectivity index (χ0) is 35.6. The number of oxazole rings is 1. The van der Waals surface area contributed by atoms with E-state index in [1.54, 1.807) is 6.20 Å². The molecule has 6 aromatic rings. The molecule has 0 spiro atoms. The molecule has 10 nitrogen and oxygen atoms in total. The summed E-state index contributed by atoms with van der Waals surface area (Å²) in [5.74, 6) is -0.0129. The van der Waals surface area contributed by atoms with Crippen LogP contribution in [0.25, 0.3) is 44.6 Å². The number of benzene rings is 3. The van der Waals surface area contributed by atoms with Crippen molar-refractivity contribution in [3.05, 3.63) is 101 Å². The van der Waals surface area contributed by atoms with Crippen molar-refractivity contribution in [1.29, 1.82) is 5.26 Å². The number of hydrogen-bond acceptors (Lipinski definition) is 9. The van der Waals surface area contributed by atoms with E-state index in [0.29, 0.717) is 54.4 Å². The van der Waals surface area contributed by atoms with Crippen LogP contribution in [0.3, 0.4) is 0 Å². The SMILES string of the molecule is Cc1c(Nc2nccc3cc(CCC[C@@H](C)O)cnc23)cccc1-c1cccc(-c2nc3cc(CN4CC[C@@H](C(=O)O)C4)cc(C#N)c3o2)c1C.